The lowest BCUT2D eigenvalue weighted by molar-refractivity contribution is 0.0483. The number of fused-ring (bicyclic) bond motifs is 1. The maximum absolute atomic E-state index is 13.3. The molecule has 0 aromatic heterocycles. The first-order valence-corrected chi connectivity index (χ1v) is 9.33. The van der Waals surface area contributed by atoms with Crippen LogP contribution in [0.4, 0.5) is 0 Å². The van der Waals surface area contributed by atoms with Crippen molar-refractivity contribution in [3.8, 4) is 0 Å². The Morgan fingerprint density at radius 3 is 1.54 bits per heavy atom. The summed E-state index contributed by atoms with van der Waals surface area (Å²) in [6, 6.07) is 26.2. The largest absolute Gasteiger partial charge is 0.300 e. The van der Waals surface area contributed by atoms with Gasteiger partial charge in [0.25, 0.3) is 11.8 Å². The Morgan fingerprint density at radius 1 is 0.643 bits per heavy atom. The molecule has 0 saturated carbocycles. The fourth-order valence-electron chi connectivity index (χ4n) is 4.00. The number of likely N-dealkylation sites (N-methyl/N-ethyl adjacent to an activating group) is 1. The molecule has 1 aliphatic rings. The van der Waals surface area contributed by atoms with Crippen molar-refractivity contribution in [2.45, 2.75) is 12.1 Å². The van der Waals surface area contributed by atoms with Crippen LogP contribution in [0, 0.1) is 0 Å². The normalized spacial score (nSPS) is 15.6. The first kappa shape index (κ1) is 18.1. The number of benzene rings is 3. The molecule has 3 aromatic rings. The molecule has 0 spiro atoms. The van der Waals surface area contributed by atoms with E-state index in [1.54, 1.807) is 24.3 Å². The van der Waals surface area contributed by atoms with E-state index in [-0.39, 0.29) is 17.9 Å². The second kappa shape index (κ2) is 7.41. The molecule has 0 aliphatic carbocycles. The summed E-state index contributed by atoms with van der Waals surface area (Å²) in [7, 11) is 3.96. The van der Waals surface area contributed by atoms with Crippen LogP contribution < -0.4 is 0 Å². The van der Waals surface area contributed by atoms with E-state index in [0.29, 0.717) is 11.1 Å². The third-order valence-electron chi connectivity index (χ3n) is 5.24. The van der Waals surface area contributed by atoms with Crippen LogP contribution in [-0.2, 0) is 0 Å². The maximum Gasteiger partial charge on any atom is 0.262 e. The van der Waals surface area contributed by atoms with Crippen LogP contribution in [0.5, 0.6) is 0 Å². The Morgan fingerprint density at radius 2 is 1.07 bits per heavy atom. The molecule has 1 heterocycles. The van der Waals surface area contributed by atoms with Crippen molar-refractivity contribution < 1.29 is 9.59 Å². The van der Waals surface area contributed by atoms with Gasteiger partial charge in [0, 0.05) is 0 Å². The summed E-state index contributed by atoms with van der Waals surface area (Å²) >= 11 is 0. The van der Waals surface area contributed by atoms with Gasteiger partial charge in [0.1, 0.15) is 0 Å². The van der Waals surface area contributed by atoms with Gasteiger partial charge in [-0.1, -0.05) is 72.8 Å². The average molecular weight is 370 g/mol. The molecule has 2 amide bonds. The average Bonchev–Trinajstić information content (AvgIpc) is 2.98. The van der Waals surface area contributed by atoms with Gasteiger partial charge in [0.2, 0.25) is 0 Å². The molecule has 4 nitrogen and oxygen atoms in total. The molecular weight excluding hydrogens is 348 g/mol. The van der Waals surface area contributed by atoms with Crippen molar-refractivity contribution in [2.75, 3.05) is 14.1 Å². The van der Waals surface area contributed by atoms with Gasteiger partial charge in [0.05, 0.1) is 23.2 Å². The third kappa shape index (κ3) is 3.02. The molecule has 0 saturated heterocycles. The SMILES string of the molecule is CN(C)[C@H](c1ccccc1)[C@@H](c1ccccc1)N1C(=O)c2ccccc2C1=O. The molecule has 1 aliphatic heterocycles. The molecule has 0 radical (unpaired) electrons. The predicted octanol–water partition coefficient (Wildman–Crippen LogP) is 4.33. The summed E-state index contributed by atoms with van der Waals surface area (Å²) < 4.78 is 0. The number of carbonyl (C=O) groups is 2. The van der Waals surface area contributed by atoms with Crippen molar-refractivity contribution in [2.24, 2.45) is 0 Å². The van der Waals surface area contributed by atoms with E-state index in [9.17, 15) is 9.59 Å². The molecular formula is C24H22N2O2. The summed E-state index contributed by atoms with van der Waals surface area (Å²) in [4.78, 5) is 30.0. The minimum absolute atomic E-state index is 0.175. The molecule has 0 bridgehead atoms. The highest BCUT2D eigenvalue weighted by molar-refractivity contribution is 6.21. The fraction of sp³-hybridized carbons (Fsp3) is 0.167. The van der Waals surface area contributed by atoms with E-state index in [1.165, 1.54) is 4.90 Å². The first-order chi connectivity index (χ1) is 13.6. The van der Waals surface area contributed by atoms with Gasteiger partial charge in [-0.25, -0.2) is 0 Å². The Bertz CT molecular complexity index is 964. The van der Waals surface area contributed by atoms with Crippen LogP contribution in [0.2, 0.25) is 0 Å². The Kier molecular flexibility index (Phi) is 4.80. The standard InChI is InChI=1S/C24H22N2O2/c1-25(2)21(17-11-5-3-6-12-17)22(18-13-7-4-8-14-18)26-23(27)19-15-9-10-16-20(19)24(26)28/h3-16,21-22H,1-2H3/t21-,22-/m1/s1. The van der Waals surface area contributed by atoms with E-state index in [2.05, 4.69) is 4.90 Å². The smallest absolute Gasteiger partial charge is 0.262 e. The number of hydrogen-bond donors (Lipinski definition) is 0. The van der Waals surface area contributed by atoms with Gasteiger partial charge in [-0.05, 0) is 37.4 Å². The molecule has 0 N–H and O–H groups in total. The van der Waals surface area contributed by atoms with Crippen LogP contribution in [0.15, 0.2) is 84.9 Å². The zero-order valence-corrected chi connectivity index (χ0v) is 15.9. The number of hydrogen-bond acceptors (Lipinski definition) is 3. The highest BCUT2D eigenvalue weighted by Gasteiger charge is 2.44. The van der Waals surface area contributed by atoms with Crippen LogP contribution in [0.3, 0.4) is 0 Å². The molecule has 0 fully saturated rings. The predicted molar refractivity (Wildman–Crippen MR) is 109 cm³/mol. The van der Waals surface area contributed by atoms with E-state index in [1.807, 2.05) is 74.8 Å². The van der Waals surface area contributed by atoms with Crippen molar-refractivity contribution in [3.63, 3.8) is 0 Å². The zero-order valence-electron chi connectivity index (χ0n) is 15.9. The number of amides is 2. The lowest BCUT2D eigenvalue weighted by Crippen LogP contribution is -2.41. The van der Waals surface area contributed by atoms with Crippen LogP contribution in [0.1, 0.15) is 43.9 Å². The van der Waals surface area contributed by atoms with E-state index < -0.39 is 6.04 Å². The van der Waals surface area contributed by atoms with Gasteiger partial charge in [0.15, 0.2) is 0 Å². The van der Waals surface area contributed by atoms with Crippen molar-refractivity contribution >= 4 is 11.8 Å². The molecule has 4 heteroatoms. The second-order valence-electron chi connectivity index (χ2n) is 7.20. The Labute approximate surface area is 165 Å². The maximum atomic E-state index is 13.3. The number of imide groups is 1. The van der Waals surface area contributed by atoms with Crippen molar-refractivity contribution in [1.29, 1.82) is 0 Å². The lowest BCUT2D eigenvalue weighted by Gasteiger charge is -2.37. The van der Waals surface area contributed by atoms with E-state index in [0.717, 1.165) is 11.1 Å². The quantitative estimate of drug-likeness (QED) is 0.628. The van der Waals surface area contributed by atoms with Crippen LogP contribution in [0.25, 0.3) is 0 Å². The zero-order chi connectivity index (χ0) is 19.7. The van der Waals surface area contributed by atoms with Crippen molar-refractivity contribution in [3.05, 3.63) is 107 Å². The van der Waals surface area contributed by atoms with E-state index in [4.69, 9.17) is 0 Å². The first-order valence-electron chi connectivity index (χ1n) is 9.33. The minimum atomic E-state index is -0.439. The van der Waals surface area contributed by atoms with E-state index >= 15 is 0 Å². The summed E-state index contributed by atoms with van der Waals surface area (Å²) in [5.74, 6) is -0.477. The molecule has 3 aromatic carbocycles. The van der Waals surface area contributed by atoms with Crippen LogP contribution in [-0.4, -0.2) is 35.7 Å². The summed E-state index contributed by atoms with van der Waals surface area (Å²) in [5.41, 5.74) is 2.93. The van der Waals surface area contributed by atoms with Gasteiger partial charge >= 0.3 is 0 Å². The fourth-order valence-corrected chi connectivity index (χ4v) is 4.00. The summed E-state index contributed by atoms with van der Waals surface area (Å²) in [6.07, 6.45) is 0. The minimum Gasteiger partial charge on any atom is -0.300 e. The number of nitrogens with zero attached hydrogens (tertiary/aromatic N) is 2. The third-order valence-corrected chi connectivity index (χ3v) is 5.24. The number of rotatable bonds is 5. The molecule has 2 atom stereocenters. The van der Waals surface area contributed by atoms with Gasteiger partial charge in [-0.15, -0.1) is 0 Å². The molecule has 4 rings (SSSR count). The van der Waals surface area contributed by atoms with Gasteiger partial charge in [-0.3, -0.25) is 14.5 Å². The molecule has 0 unspecified atom stereocenters. The van der Waals surface area contributed by atoms with Crippen molar-refractivity contribution in [1.82, 2.24) is 9.80 Å². The van der Waals surface area contributed by atoms with Gasteiger partial charge < -0.3 is 4.90 Å². The Hall–Kier alpha value is -3.24. The monoisotopic (exact) mass is 370 g/mol. The Balaban J connectivity index is 1.88. The summed E-state index contributed by atoms with van der Waals surface area (Å²) in [6.45, 7) is 0. The lowest BCUT2D eigenvalue weighted by atomic mass is 9.91. The highest BCUT2D eigenvalue weighted by Crippen LogP contribution is 2.41. The highest BCUT2D eigenvalue weighted by atomic mass is 16.2. The topological polar surface area (TPSA) is 40.6 Å². The van der Waals surface area contributed by atoms with Gasteiger partial charge in [-0.2, -0.15) is 0 Å². The second-order valence-corrected chi connectivity index (χ2v) is 7.20. The molecule has 28 heavy (non-hydrogen) atoms. The van der Waals surface area contributed by atoms with Crippen LogP contribution >= 0.6 is 0 Å². The number of carbonyl (C=O) groups excluding carboxylic acids is 2. The molecule has 140 valence electrons. The summed E-state index contributed by atoms with van der Waals surface area (Å²) in [5, 5.41) is 0.